The van der Waals surface area contributed by atoms with Crippen LogP contribution in [0.2, 0.25) is 0 Å². The maximum atomic E-state index is 12.7. The predicted octanol–water partition coefficient (Wildman–Crippen LogP) is 1.13. The van der Waals surface area contributed by atoms with Crippen molar-refractivity contribution < 1.29 is 9.59 Å². The molecule has 6 nitrogen and oxygen atoms in total. The summed E-state index contributed by atoms with van der Waals surface area (Å²) >= 11 is 0. The number of carbonyl (C=O) groups is 2. The second kappa shape index (κ2) is 5.98. The molecule has 2 rings (SSSR count). The monoisotopic (exact) mass is 276 g/mol. The van der Waals surface area contributed by atoms with E-state index in [0.29, 0.717) is 12.1 Å². The van der Waals surface area contributed by atoms with Crippen molar-refractivity contribution in [2.24, 2.45) is 5.92 Å². The van der Waals surface area contributed by atoms with E-state index in [-0.39, 0.29) is 17.7 Å². The van der Waals surface area contributed by atoms with E-state index < -0.39 is 12.1 Å². The Balaban J connectivity index is 2.38. The molecular formula is C14H20N4O2. The number of carbonyl (C=O) groups excluding carboxylic acids is 2. The van der Waals surface area contributed by atoms with Crippen molar-refractivity contribution in [2.75, 3.05) is 4.90 Å². The van der Waals surface area contributed by atoms with E-state index in [0.717, 1.165) is 6.42 Å². The molecule has 0 aliphatic carbocycles. The molecule has 1 saturated heterocycles. The average Bonchev–Trinajstić information content (AvgIpc) is 2.48. The Morgan fingerprint density at radius 3 is 2.50 bits per heavy atom. The van der Waals surface area contributed by atoms with Gasteiger partial charge in [-0.1, -0.05) is 27.2 Å². The number of hydrogen-bond donors (Lipinski definition) is 1. The molecule has 0 radical (unpaired) electrons. The van der Waals surface area contributed by atoms with E-state index in [9.17, 15) is 9.59 Å². The van der Waals surface area contributed by atoms with E-state index >= 15 is 0 Å². The highest BCUT2D eigenvalue weighted by molar-refractivity contribution is 6.08. The van der Waals surface area contributed by atoms with Crippen LogP contribution in [0.25, 0.3) is 0 Å². The SMILES string of the molecule is CCC(C)C1NC(=O)C(CC)N(c2cncnc2)C1=O. The lowest BCUT2D eigenvalue weighted by Gasteiger charge is -2.40. The van der Waals surface area contributed by atoms with Gasteiger partial charge in [0.15, 0.2) is 0 Å². The first-order valence-electron chi connectivity index (χ1n) is 6.98. The Bertz CT molecular complexity index is 491. The highest BCUT2D eigenvalue weighted by Crippen LogP contribution is 2.24. The van der Waals surface area contributed by atoms with Crippen molar-refractivity contribution in [3.8, 4) is 0 Å². The van der Waals surface area contributed by atoms with Crippen LogP contribution in [0.4, 0.5) is 5.69 Å². The number of amides is 2. The molecule has 0 saturated carbocycles. The molecular weight excluding hydrogens is 256 g/mol. The highest BCUT2D eigenvalue weighted by Gasteiger charge is 2.42. The van der Waals surface area contributed by atoms with Crippen LogP contribution in [0.3, 0.4) is 0 Å². The number of nitrogens with zero attached hydrogens (tertiary/aromatic N) is 3. The zero-order valence-corrected chi connectivity index (χ0v) is 12.0. The van der Waals surface area contributed by atoms with Gasteiger partial charge in [0.05, 0.1) is 18.1 Å². The third kappa shape index (κ3) is 2.50. The molecule has 3 atom stereocenters. The lowest BCUT2D eigenvalue weighted by Crippen LogP contribution is -2.65. The Labute approximate surface area is 118 Å². The molecule has 0 bridgehead atoms. The van der Waals surface area contributed by atoms with E-state index in [1.54, 1.807) is 12.4 Å². The Morgan fingerprint density at radius 2 is 1.95 bits per heavy atom. The summed E-state index contributed by atoms with van der Waals surface area (Å²) in [5.41, 5.74) is 0.576. The van der Waals surface area contributed by atoms with Gasteiger partial charge in [-0.15, -0.1) is 0 Å². The number of hydrogen-bond acceptors (Lipinski definition) is 4. The van der Waals surface area contributed by atoms with Gasteiger partial charge in [-0.3, -0.25) is 14.5 Å². The van der Waals surface area contributed by atoms with Crippen molar-refractivity contribution in [1.29, 1.82) is 0 Å². The second-order valence-electron chi connectivity index (χ2n) is 5.10. The quantitative estimate of drug-likeness (QED) is 0.894. The zero-order valence-electron chi connectivity index (χ0n) is 12.0. The van der Waals surface area contributed by atoms with Gasteiger partial charge in [-0.05, 0) is 12.3 Å². The third-order valence-corrected chi connectivity index (χ3v) is 3.84. The van der Waals surface area contributed by atoms with E-state index in [1.807, 2.05) is 20.8 Å². The summed E-state index contributed by atoms with van der Waals surface area (Å²) in [5.74, 6) is -0.0989. The molecule has 0 aromatic carbocycles. The summed E-state index contributed by atoms with van der Waals surface area (Å²) in [6.45, 7) is 5.86. The maximum absolute atomic E-state index is 12.7. The molecule has 1 aromatic heterocycles. The summed E-state index contributed by atoms with van der Waals surface area (Å²) < 4.78 is 0. The van der Waals surface area contributed by atoms with Crippen LogP contribution in [0.15, 0.2) is 18.7 Å². The zero-order chi connectivity index (χ0) is 14.7. The minimum atomic E-state index is -0.492. The molecule has 20 heavy (non-hydrogen) atoms. The van der Waals surface area contributed by atoms with E-state index in [1.165, 1.54) is 11.2 Å². The van der Waals surface area contributed by atoms with Gasteiger partial charge in [0, 0.05) is 0 Å². The Morgan fingerprint density at radius 1 is 1.30 bits per heavy atom. The van der Waals surface area contributed by atoms with E-state index in [2.05, 4.69) is 15.3 Å². The summed E-state index contributed by atoms with van der Waals surface area (Å²) in [5, 5.41) is 2.85. The van der Waals surface area contributed by atoms with E-state index in [4.69, 9.17) is 0 Å². The molecule has 1 aliphatic heterocycles. The topological polar surface area (TPSA) is 75.2 Å². The Kier molecular flexibility index (Phi) is 4.32. The predicted molar refractivity (Wildman–Crippen MR) is 75.0 cm³/mol. The van der Waals surface area contributed by atoms with Crippen molar-refractivity contribution in [3.05, 3.63) is 18.7 Å². The largest absolute Gasteiger partial charge is 0.342 e. The normalized spacial score (nSPS) is 24.4. The molecule has 1 fully saturated rings. The first-order valence-corrected chi connectivity index (χ1v) is 6.98. The number of anilines is 1. The molecule has 3 unspecified atom stereocenters. The summed E-state index contributed by atoms with van der Waals surface area (Å²) in [7, 11) is 0. The second-order valence-corrected chi connectivity index (χ2v) is 5.10. The molecule has 2 amide bonds. The average molecular weight is 276 g/mol. The lowest BCUT2D eigenvalue weighted by molar-refractivity contribution is -0.135. The first kappa shape index (κ1) is 14.4. The number of rotatable bonds is 4. The van der Waals surface area contributed by atoms with Gasteiger partial charge in [0.25, 0.3) is 5.91 Å². The molecule has 0 spiro atoms. The van der Waals surface area contributed by atoms with Crippen LogP contribution >= 0.6 is 0 Å². The van der Waals surface area contributed by atoms with Gasteiger partial charge >= 0.3 is 0 Å². The number of piperazine rings is 1. The van der Waals surface area contributed by atoms with Gasteiger partial charge in [0.2, 0.25) is 5.91 Å². The smallest absolute Gasteiger partial charge is 0.250 e. The maximum Gasteiger partial charge on any atom is 0.250 e. The van der Waals surface area contributed by atoms with Crippen LogP contribution < -0.4 is 10.2 Å². The van der Waals surface area contributed by atoms with Crippen LogP contribution in [-0.4, -0.2) is 33.9 Å². The molecule has 1 aliphatic rings. The van der Waals surface area contributed by atoms with Gasteiger partial charge < -0.3 is 5.32 Å². The molecule has 1 aromatic rings. The first-order chi connectivity index (χ1) is 9.60. The lowest BCUT2D eigenvalue weighted by atomic mass is 9.93. The van der Waals surface area contributed by atoms with Gasteiger partial charge in [-0.25, -0.2) is 9.97 Å². The summed E-state index contributed by atoms with van der Waals surface area (Å²) in [6, 6.07) is -0.968. The fraction of sp³-hybridized carbons (Fsp3) is 0.571. The minimum Gasteiger partial charge on any atom is -0.342 e. The van der Waals surface area contributed by atoms with Crippen molar-refractivity contribution in [3.63, 3.8) is 0 Å². The summed E-state index contributed by atoms with van der Waals surface area (Å²) in [6.07, 6.45) is 5.93. The van der Waals surface area contributed by atoms with Crippen LogP contribution in [0, 0.1) is 5.92 Å². The van der Waals surface area contributed by atoms with Crippen molar-refractivity contribution in [1.82, 2.24) is 15.3 Å². The number of nitrogens with one attached hydrogen (secondary N) is 1. The standard InChI is InChI=1S/C14H20N4O2/c1-4-9(3)12-14(20)18(10-6-15-8-16-7-10)11(5-2)13(19)17-12/h6-9,11-12H,4-5H2,1-3H3,(H,17,19). The minimum absolute atomic E-state index is 0.0828. The van der Waals surface area contributed by atoms with Crippen molar-refractivity contribution in [2.45, 2.75) is 45.7 Å². The van der Waals surface area contributed by atoms with Crippen LogP contribution in [0.5, 0.6) is 0 Å². The van der Waals surface area contributed by atoms with Crippen LogP contribution in [0.1, 0.15) is 33.6 Å². The highest BCUT2D eigenvalue weighted by atomic mass is 16.2. The molecule has 108 valence electrons. The Hall–Kier alpha value is -1.98. The fourth-order valence-electron chi connectivity index (χ4n) is 2.44. The fourth-order valence-corrected chi connectivity index (χ4v) is 2.44. The third-order valence-electron chi connectivity index (χ3n) is 3.84. The molecule has 2 heterocycles. The number of aromatic nitrogens is 2. The molecule has 6 heteroatoms. The van der Waals surface area contributed by atoms with Gasteiger partial charge in [-0.2, -0.15) is 0 Å². The van der Waals surface area contributed by atoms with Crippen LogP contribution in [-0.2, 0) is 9.59 Å². The van der Waals surface area contributed by atoms with Gasteiger partial charge in [0.1, 0.15) is 18.4 Å². The summed E-state index contributed by atoms with van der Waals surface area (Å²) in [4.78, 5) is 34.4. The van der Waals surface area contributed by atoms with Crippen molar-refractivity contribution >= 4 is 17.5 Å². The molecule has 1 N–H and O–H groups in total.